The van der Waals surface area contributed by atoms with Crippen LogP contribution in [0.2, 0.25) is 0 Å². The van der Waals surface area contributed by atoms with Crippen molar-refractivity contribution in [1.29, 1.82) is 0 Å². The van der Waals surface area contributed by atoms with Crippen molar-refractivity contribution in [3.63, 3.8) is 0 Å². The first-order valence-electron chi connectivity index (χ1n) is 9.02. The van der Waals surface area contributed by atoms with Gasteiger partial charge in [0.15, 0.2) is 0 Å². The molecule has 1 aromatic rings. The summed E-state index contributed by atoms with van der Waals surface area (Å²) in [5.41, 5.74) is -0.966. The molecule has 1 aliphatic carbocycles. The van der Waals surface area contributed by atoms with Gasteiger partial charge in [-0.3, -0.25) is 0 Å². The summed E-state index contributed by atoms with van der Waals surface area (Å²) < 4.78 is 31.8. The van der Waals surface area contributed by atoms with Gasteiger partial charge in [0.1, 0.15) is 0 Å². The van der Waals surface area contributed by atoms with Crippen LogP contribution in [0.1, 0.15) is 20.3 Å². The quantitative estimate of drug-likeness (QED) is 0.796. The third kappa shape index (κ3) is 4.43. The molecule has 0 radical (unpaired) electrons. The minimum absolute atomic E-state index is 0.0991. The number of ether oxygens (including phenoxy) is 1. The summed E-state index contributed by atoms with van der Waals surface area (Å²) in [6, 6.07) is 8.43. The third-order valence-corrected chi connectivity index (χ3v) is 6.61. The van der Waals surface area contributed by atoms with Crippen LogP contribution in [0, 0.1) is 11.8 Å². The number of hydrogen-bond acceptors (Lipinski definition) is 5. The molecule has 1 saturated heterocycles. The highest BCUT2D eigenvalue weighted by atomic mass is 32.2. The lowest BCUT2D eigenvalue weighted by Gasteiger charge is -2.32. The average Bonchev–Trinajstić information content (AvgIpc) is 3.14. The van der Waals surface area contributed by atoms with E-state index >= 15 is 0 Å². The van der Waals surface area contributed by atoms with E-state index in [1.165, 1.54) is 0 Å². The van der Waals surface area contributed by atoms with Crippen molar-refractivity contribution in [2.45, 2.75) is 36.9 Å². The molecule has 26 heavy (non-hydrogen) atoms. The number of allylic oxidation sites excluding steroid dienone is 1. The van der Waals surface area contributed by atoms with Crippen molar-refractivity contribution in [3.05, 3.63) is 53.5 Å². The Morgan fingerprint density at radius 1 is 1.27 bits per heavy atom. The van der Waals surface area contributed by atoms with Crippen LogP contribution < -0.4 is 5.32 Å². The fraction of sp³-hybridized carbons (Fsp3) is 0.500. The minimum Gasteiger partial charge on any atom is -0.388 e. The maximum absolute atomic E-state index is 12.9. The van der Waals surface area contributed by atoms with Crippen LogP contribution in [0.25, 0.3) is 0 Å². The first-order valence-corrected chi connectivity index (χ1v) is 10.5. The molecular weight excluding hydrogens is 350 g/mol. The number of hydrogen-bond donors (Lipinski definition) is 2. The van der Waals surface area contributed by atoms with E-state index in [4.69, 9.17) is 4.74 Å². The highest BCUT2D eigenvalue weighted by Gasteiger charge is 2.34. The highest BCUT2D eigenvalue weighted by Crippen LogP contribution is 2.33. The fourth-order valence-corrected chi connectivity index (χ4v) is 4.81. The van der Waals surface area contributed by atoms with Gasteiger partial charge in [0.25, 0.3) is 0 Å². The van der Waals surface area contributed by atoms with Gasteiger partial charge in [0, 0.05) is 5.92 Å². The van der Waals surface area contributed by atoms with Gasteiger partial charge in [0.05, 0.1) is 28.1 Å². The average molecular weight is 378 g/mol. The van der Waals surface area contributed by atoms with Crippen LogP contribution in [0.15, 0.2) is 58.4 Å². The van der Waals surface area contributed by atoms with Crippen molar-refractivity contribution in [2.24, 2.45) is 11.8 Å². The Hall–Kier alpha value is -1.47. The molecule has 3 rings (SSSR count). The lowest BCUT2D eigenvalue weighted by molar-refractivity contribution is -0.0550. The normalized spacial score (nSPS) is 26.7. The molecular formula is C20H27NO4S. The molecule has 0 amide bonds. The summed E-state index contributed by atoms with van der Waals surface area (Å²) >= 11 is 0. The monoisotopic (exact) mass is 377 g/mol. The molecule has 2 aliphatic rings. The maximum atomic E-state index is 12.9. The zero-order valence-electron chi connectivity index (χ0n) is 15.3. The van der Waals surface area contributed by atoms with Gasteiger partial charge in [-0.2, -0.15) is 0 Å². The van der Waals surface area contributed by atoms with E-state index in [2.05, 4.69) is 5.32 Å². The van der Waals surface area contributed by atoms with E-state index in [9.17, 15) is 13.5 Å². The zero-order chi connectivity index (χ0) is 18.8. The maximum Gasteiger partial charge on any atom is 0.206 e. The summed E-state index contributed by atoms with van der Waals surface area (Å²) in [4.78, 5) is 0.532. The predicted octanol–water partition coefficient (Wildman–Crippen LogP) is 2.30. The minimum atomic E-state index is -3.58. The number of sulfone groups is 1. The molecule has 2 unspecified atom stereocenters. The van der Waals surface area contributed by atoms with Crippen LogP contribution in [-0.2, 0) is 14.6 Å². The van der Waals surface area contributed by atoms with Crippen molar-refractivity contribution < 1.29 is 18.3 Å². The van der Waals surface area contributed by atoms with Crippen molar-refractivity contribution in [2.75, 3.05) is 19.7 Å². The van der Waals surface area contributed by atoms with Gasteiger partial charge in [-0.05, 0) is 63.6 Å². The summed E-state index contributed by atoms with van der Waals surface area (Å²) in [6.45, 7) is 5.38. The third-order valence-electron chi connectivity index (χ3n) is 4.83. The Kier molecular flexibility index (Phi) is 5.67. The Labute approximate surface area is 155 Å². The number of rotatable bonds is 6. The second-order valence-corrected chi connectivity index (χ2v) is 9.61. The Balaban J connectivity index is 1.88. The lowest BCUT2D eigenvalue weighted by Crippen LogP contribution is -2.36. The molecule has 142 valence electrons. The van der Waals surface area contributed by atoms with Crippen LogP contribution in [0.5, 0.6) is 0 Å². The highest BCUT2D eigenvalue weighted by molar-refractivity contribution is 7.95. The summed E-state index contributed by atoms with van der Waals surface area (Å²) in [5, 5.41) is 13.4. The zero-order valence-corrected chi connectivity index (χ0v) is 16.1. The van der Waals surface area contributed by atoms with Crippen LogP contribution in [0.4, 0.5) is 0 Å². The summed E-state index contributed by atoms with van der Waals surface area (Å²) in [6.07, 6.45) is 6.03. The Bertz CT molecular complexity index is 772. The summed E-state index contributed by atoms with van der Waals surface area (Å²) in [5.74, 6) is 0.498. The van der Waals surface area contributed by atoms with Crippen LogP contribution >= 0.6 is 0 Å². The van der Waals surface area contributed by atoms with E-state index in [1.807, 2.05) is 6.08 Å². The lowest BCUT2D eigenvalue weighted by atomic mass is 9.84. The Morgan fingerprint density at radius 2 is 2.00 bits per heavy atom. The number of nitrogens with one attached hydrogen (secondary N) is 1. The van der Waals surface area contributed by atoms with Gasteiger partial charge in [-0.1, -0.05) is 24.3 Å². The molecule has 3 atom stereocenters. The molecule has 1 aliphatic heterocycles. The Morgan fingerprint density at radius 3 is 2.62 bits per heavy atom. The molecule has 1 heterocycles. The molecule has 0 saturated carbocycles. The standard InChI is InChI=1S/C20H27NO4S/c1-20(2,22)14-25-19-12-17(8-9-18(19)15-10-11-21-13-15)26(23,24)16-6-4-3-5-7-16/h3-9,12,15,18-19,21-22H,10-11,13-14H2,1-2H3/t15-,18?,19?/m1/s1. The van der Waals surface area contributed by atoms with Crippen molar-refractivity contribution in [1.82, 2.24) is 5.32 Å². The smallest absolute Gasteiger partial charge is 0.206 e. The van der Waals surface area contributed by atoms with Gasteiger partial charge in [0.2, 0.25) is 9.84 Å². The SMILES string of the molecule is CC(C)(O)COC1C=C(S(=O)(=O)c2ccccc2)C=CC1[C@@H]1CCNC1. The van der Waals surface area contributed by atoms with E-state index in [-0.39, 0.29) is 28.4 Å². The van der Waals surface area contributed by atoms with Crippen molar-refractivity contribution >= 4 is 9.84 Å². The molecule has 0 aromatic heterocycles. The van der Waals surface area contributed by atoms with E-state index in [0.29, 0.717) is 5.92 Å². The number of benzene rings is 1. The topological polar surface area (TPSA) is 75.6 Å². The van der Waals surface area contributed by atoms with Gasteiger partial charge in [-0.15, -0.1) is 0 Å². The van der Waals surface area contributed by atoms with E-state index in [1.54, 1.807) is 56.3 Å². The fourth-order valence-electron chi connectivity index (χ4n) is 3.45. The molecule has 0 bridgehead atoms. The van der Waals surface area contributed by atoms with Gasteiger partial charge in [-0.25, -0.2) is 8.42 Å². The van der Waals surface area contributed by atoms with Gasteiger partial charge < -0.3 is 15.2 Å². The molecule has 5 nitrogen and oxygen atoms in total. The molecule has 6 heteroatoms. The largest absolute Gasteiger partial charge is 0.388 e. The second kappa shape index (κ2) is 7.64. The van der Waals surface area contributed by atoms with E-state index in [0.717, 1.165) is 19.5 Å². The number of aliphatic hydroxyl groups is 1. The van der Waals surface area contributed by atoms with Crippen LogP contribution in [0.3, 0.4) is 0 Å². The molecule has 1 aromatic carbocycles. The first-order chi connectivity index (χ1) is 12.3. The van der Waals surface area contributed by atoms with Crippen LogP contribution in [-0.4, -0.2) is 44.9 Å². The second-order valence-electron chi connectivity index (χ2n) is 7.66. The first kappa shape index (κ1) is 19.3. The van der Waals surface area contributed by atoms with Gasteiger partial charge >= 0.3 is 0 Å². The van der Waals surface area contributed by atoms with Crippen molar-refractivity contribution in [3.8, 4) is 0 Å². The summed E-state index contributed by atoms with van der Waals surface area (Å²) in [7, 11) is -3.58. The van der Waals surface area contributed by atoms with E-state index < -0.39 is 15.4 Å². The predicted molar refractivity (Wildman–Crippen MR) is 101 cm³/mol. The molecule has 0 spiro atoms. The molecule has 1 fully saturated rings. The molecule has 2 N–H and O–H groups in total.